The van der Waals surface area contributed by atoms with Crippen molar-refractivity contribution in [2.24, 2.45) is 10.5 Å². The molecule has 0 atom stereocenters. The molecule has 6 nitrogen and oxygen atoms in total. The van der Waals surface area contributed by atoms with Gasteiger partial charge in [0.2, 0.25) is 5.91 Å². The predicted octanol–water partition coefficient (Wildman–Crippen LogP) is 6.36. The lowest BCUT2D eigenvalue weighted by atomic mass is 9.92. The van der Waals surface area contributed by atoms with Crippen molar-refractivity contribution in [2.75, 3.05) is 16.8 Å². The molecule has 0 fully saturated rings. The van der Waals surface area contributed by atoms with Crippen molar-refractivity contribution < 1.29 is 9.18 Å². The van der Waals surface area contributed by atoms with Gasteiger partial charge in [0, 0.05) is 30.1 Å². The Balaban J connectivity index is 1.89. The van der Waals surface area contributed by atoms with Gasteiger partial charge in [0.25, 0.3) is 0 Å². The van der Waals surface area contributed by atoms with Gasteiger partial charge >= 0.3 is 0 Å². The molecule has 2 aromatic carbocycles. The van der Waals surface area contributed by atoms with Gasteiger partial charge in [-0.3, -0.25) is 4.79 Å². The van der Waals surface area contributed by atoms with Crippen molar-refractivity contribution in [2.45, 2.75) is 40.2 Å². The summed E-state index contributed by atoms with van der Waals surface area (Å²) in [6.07, 6.45) is 1.01. The van der Waals surface area contributed by atoms with Crippen LogP contribution in [0.4, 0.5) is 21.5 Å². The number of anilines is 2. The number of hydrogen-bond donors (Lipinski definition) is 1. The molecule has 152 valence electrons. The molecule has 0 aliphatic carbocycles. The normalized spacial score (nSPS) is 13.5. The van der Waals surface area contributed by atoms with E-state index in [1.54, 1.807) is 24.3 Å². The summed E-state index contributed by atoms with van der Waals surface area (Å²) in [5.74, 6) is -0.434. The van der Waals surface area contributed by atoms with Crippen molar-refractivity contribution in [1.29, 1.82) is 0 Å². The van der Waals surface area contributed by atoms with Gasteiger partial charge in [0.15, 0.2) is 0 Å². The van der Waals surface area contributed by atoms with Crippen LogP contribution in [0.25, 0.3) is 10.4 Å². The van der Waals surface area contributed by atoms with E-state index in [4.69, 9.17) is 17.1 Å². The highest BCUT2D eigenvalue weighted by molar-refractivity contribution is 6.34. The molecular weight excluding hydrogens is 393 g/mol. The maximum atomic E-state index is 13.4. The van der Waals surface area contributed by atoms with Crippen LogP contribution in [0.3, 0.4) is 0 Å². The second-order valence-corrected chi connectivity index (χ2v) is 8.79. The fraction of sp³-hybridized carbons (Fsp3) is 0.381. The lowest BCUT2D eigenvalue weighted by molar-refractivity contribution is -0.117. The third-order valence-electron chi connectivity index (χ3n) is 4.71. The highest BCUT2D eigenvalue weighted by Crippen LogP contribution is 2.39. The molecule has 8 heteroatoms. The minimum atomic E-state index is -0.235. The van der Waals surface area contributed by atoms with Crippen molar-refractivity contribution in [3.05, 3.63) is 62.7 Å². The van der Waals surface area contributed by atoms with E-state index in [-0.39, 0.29) is 22.8 Å². The summed E-state index contributed by atoms with van der Waals surface area (Å²) in [5.41, 5.74) is 12.2. The fourth-order valence-corrected chi connectivity index (χ4v) is 3.67. The van der Waals surface area contributed by atoms with Crippen LogP contribution in [-0.2, 0) is 17.8 Å². The zero-order chi connectivity index (χ0) is 21.2. The van der Waals surface area contributed by atoms with Gasteiger partial charge in [-0.1, -0.05) is 43.6 Å². The molecule has 3 rings (SSSR count). The van der Waals surface area contributed by atoms with Gasteiger partial charge in [0.1, 0.15) is 5.82 Å². The first-order valence-electron chi connectivity index (χ1n) is 9.37. The van der Waals surface area contributed by atoms with Crippen LogP contribution in [0.2, 0.25) is 5.02 Å². The van der Waals surface area contributed by atoms with E-state index in [9.17, 15) is 9.18 Å². The minimum Gasteiger partial charge on any atom is -0.367 e. The van der Waals surface area contributed by atoms with Gasteiger partial charge in [-0.05, 0) is 52.8 Å². The lowest BCUT2D eigenvalue weighted by Gasteiger charge is -2.31. The van der Waals surface area contributed by atoms with Crippen LogP contribution in [0.15, 0.2) is 35.4 Å². The monoisotopic (exact) mass is 415 g/mol. The molecule has 0 saturated carbocycles. The van der Waals surface area contributed by atoms with Crippen molar-refractivity contribution in [1.82, 2.24) is 0 Å². The number of azide groups is 1. The average Bonchev–Trinajstić information content (AvgIpc) is 2.62. The average molecular weight is 416 g/mol. The summed E-state index contributed by atoms with van der Waals surface area (Å²) < 4.78 is 13.4. The number of fused-ring (bicyclic) bond motifs is 1. The largest absolute Gasteiger partial charge is 0.367 e. The quantitative estimate of drug-likeness (QED) is 0.358. The Bertz CT molecular complexity index is 995. The molecule has 0 aromatic heterocycles. The molecule has 0 radical (unpaired) electrons. The molecular formula is C21H23ClFN5O. The van der Waals surface area contributed by atoms with E-state index in [1.165, 1.54) is 6.07 Å². The van der Waals surface area contributed by atoms with E-state index in [0.717, 1.165) is 16.8 Å². The maximum Gasteiger partial charge on any atom is 0.224 e. The first-order valence-corrected chi connectivity index (χ1v) is 9.75. The summed E-state index contributed by atoms with van der Waals surface area (Å²) in [6.45, 7) is 7.17. The lowest BCUT2D eigenvalue weighted by Crippen LogP contribution is -2.30. The van der Waals surface area contributed by atoms with Gasteiger partial charge in [0.05, 0.1) is 16.4 Å². The van der Waals surface area contributed by atoms with Crippen LogP contribution in [0.1, 0.15) is 38.3 Å². The Labute approximate surface area is 174 Å². The van der Waals surface area contributed by atoms with Gasteiger partial charge < -0.3 is 10.2 Å². The number of hydrogen-bond acceptors (Lipinski definition) is 3. The van der Waals surface area contributed by atoms with E-state index in [0.29, 0.717) is 36.6 Å². The number of amides is 1. The third kappa shape index (κ3) is 5.19. The van der Waals surface area contributed by atoms with Gasteiger partial charge in [-0.25, -0.2) is 4.39 Å². The van der Waals surface area contributed by atoms with E-state index in [2.05, 4.69) is 20.2 Å². The minimum absolute atomic E-state index is 0.185. The van der Waals surface area contributed by atoms with Crippen molar-refractivity contribution in [3.8, 4) is 0 Å². The number of carbonyl (C=O) groups is 1. The standard InChI is InChI=1S/C21H23ClFN5O/c1-21(2,3)11-19(29)25-20-17(22)9-16(10-18(20)26-27-24)28-7-6-13-8-15(23)5-4-14(13)12-28/h4-5,8-10H,6-7,11-12H2,1-3H3,(H,25,29). The molecule has 1 aliphatic rings. The molecule has 1 heterocycles. The molecule has 2 aromatic rings. The second kappa shape index (κ2) is 8.31. The van der Waals surface area contributed by atoms with Crippen LogP contribution in [0, 0.1) is 11.2 Å². The first-order chi connectivity index (χ1) is 13.7. The number of nitrogens with one attached hydrogen (secondary N) is 1. The Hall–Kier alpha value is -2.76. The SMILES string of the molecule is CC(C)(C)CC(=O)Nc1c(Cl)cc(N2CCc3cc(F)ccc3C2)cc1N=[N+]=[N-]. The molecule has 0 saturated heterocycles. The predicted molar refractivity (Wildman–Crippen MR) is 114 cm³/mol. The van der Waals surface area contributed by atoms with Crippen LogP contribution < -0.4 is 10.2 Å². The highest BCUT2D eigenvalue weighted by atomic mass is 35.5. The first kappa shape index (κ1) is 21.0. The highest BCUT2D eigenvalue weighted by Gasteiger charge is 2.21. The molecule has 29 heavy (non-hydrogen) atoms. The number of halogens is 2. The summed E-state index contributed by atoms with van der Waals surface area (Å²) in [4.78, 5) is 17.3. The molecule has 1 amide bonds. The Kier molecular flexibility index (Phi) is 6.01. The topological polar surface area (TPSA) is 81.1 Å². The van der Waals surface area contributed by atoms with Crippen molar-refractivity contribution in [3.63, 3.8) is 0 Å². The Morgan fingerprint density at radius 2 is 2.07 bits per heavy atom. The molecule has 1 N–H and O–H groups in total. The number of benzene rings is 2. The zero-order valence-corrected chi connectivity index (χ0v) is 17.4. The third-order valence-corrected chi connectivity index (χ3v) is 5.01. The Morgan fingerprint density at radius 3 is 2.76 bits per heavy atom. The van der Waals surface area contributed by atoms with Gasteiger partial charge in [-0.2, -0.15) is 0 Å². The summed E-state index contributed by atoms with van der Waals surface area (Å²) in [5, 5.41) is 6.81. The number of nitrogens with zero attached hydrogens (tertiary/aromatic N) is 4. The van der Waals surface area contributed by atoms with Crippen LogP contribution >= 0.6 is 11.6 Å². The molecule has 0 unspecified atom stereocenters. The second-order valence-electron chi connectivity index (χ2n) is 8.38. The van der Waals surface area contributed by atoms with Crippen LogP contribution in [0.5, 0.6) is 0 Å². The molecule has 1 aliphatic heterocycles. The zero-order valence-electron chi connectivity index (χ0n) is 16.7. The van der Waals surface area contributed by atoms with E-state index < -0.39 is 0 Å². The summed E-state index contributed by atoms with van der Waals surface area (Å²) in [7, 11) is 0. The smallest absolute Gasteiger partial charge is 0.224 e. The van der Waals surface area contributed by atoms with E-state index >= 15 is 0 Å². The van der Waals surface area contributed by atoms with E-state index in [1.807, 2.05) is 20.8 Å². The fourth-order valence-electron chi connectivity index (χ4n) is 3.42. The maximum absolute atomic E-state index is 13.4. The van der Waals surface area contributed by atoms with Crippen molar-refractivity contribution >= 4 is 34.6 Å². The summed E-state index contributed by atoms with van der Waals surface area (Å²) in [6, 6.07) is 8.27. The van der Waals surface area contributed by atoms with Gasteiger partial charge in [-0.15, -0.1) is 0 Å². The van der Waals surface area contributed by atoms with Crippen LogP contribution in [-0.4, -0.2) is 12.5 Å². The molecule has 0 spiro atoms. The summed E-state index contributed by atoms with van der Waals surface area (Å²) >= 11 is 6.45. The Morgan fingerprint density at radius 1 is 1.31 bits per heavy atom. The number of rotatable bonds is 4. The molecule has 0 bridgehead atoms. The number of carbonyl (C=O) groups excluding carboxylic acids is 1.